The average molecular weight is 205 g/mol. The van der Waals surface area contributed by atoms with E-state index in [-0.39, 0.29) is 5.56 Å². The van der Waals surface area contributed by atoms with Crippen LogP contribution >= 0.6 is 0 Å². The van der Waals surface area contributed by atoms with Gasteiger partial charge in [-0.3, -0.25) is 14.2 Å². The molecule has 0 aliphatic heterocycles. The minimum atomic E-state index is 0.0476. The summed E-state index contributed by atoms with van der Waals surface area (Å²) in [5, 5.41) is 0.769. The van der Waals surface area contributed by atoms with Gasteiger partial charge < -0.3 is 5.73 Å². The molecule has 0 fully saturated rings. The van der Waals surface area contributed by atoms with Gasteiger partial charge in [0.15, 0.2) is 0 Å². The maximum absolute atomic E-state index is 11.8. The van der Waals surface area contributed by atoms with E-state index in [1.54, 1.807) is 11.7 Å². The van der Waals surface area contributed by atoms with Gasteiger partial charge in [-0.2, -0.15) is 0 Å². The normalized spacial score (nSPS) is 11.1. The van der Waals surface area contributed by atoms with Crippen LogP contribution in [0.25, 0.3) is 10.9 Å². The highest BCUT2D eigenvalue weighted by molar-refractivity contribution is 5.82. The molecule has 0 aliphatic rings. The molecule has 1 aromatic carbocycles. The van der Waals surface area contributed by atoms with Crippen LogP contribution in [0.4, 0.5) is 0 Å². The van der Waals surface area contributed by atoms with Crippen molar-refractivity contribution in [3.63, 3.8) is 0 Å². The summed E-state index contributed by atoms with van der Waals surface area (Å²) in [7, 11) is 3.66. The molecule has 0 saturated heterocycles. The van der Waals surface area contributed by atoms with Crippen molar-refractivity contribution >= 4 is 10.9 Å². The predicted molar refractivity (Wildman–Crippen MR) is 60.9 cm³/mol. The van der Waals surface area contributed by atoms with E-state index in [0.29, 0.717) is 6.54 Å². The van der Waals surface area contributed by atoms with Crippen LogP contribution in [0.2, 0.25) is 0 Å². The second-order valence-electron chi connectivity index (χ2n) is 3.70. The van der Waals surface area contributed by atoms with Crippen molar-refractivity contribution in [2.75, 3.05) is 6.54 Å². The number of nitrogens with two attached hydrogens (primary N) is 1. The first kappa shape index (κ1) is 9.98. The predicted octanol–water partition coefficient (Wildman–Crippen LogP) is 0.378. The van der Waals surface area contributed by atoms with Crippen molar-refractivity contribution < 1.29 is 0 Å². The fourth-order valence-electron chi connectivity index (χ4n) is 1.96. The van der Waals surface area contributed by atoms with Crippen LogP contribution in [0.15, 0.2) is 23.0 Å². The first-order valence-corrected chi connectivity index (χ1v) is 5.00. The van der Waals surface area contributed by atoms with Crippen molar-refractivity contribution in [1.29, 1.82) is 0 Å². The molecule has 80 valence electrons. The summed E-state index contributed by atoms with van der Waals surface area (Å²) in [6.07, 6.45) is 0.800. The lowest BCUT2D eigenvalue weighted by atomic mass is 10.1. The molecule has 15 heavy (non-hydrogen) atoms. The maximum Gasteiger partial charge on any atom is 0.274 e. The smallest absolute Gasteiger partial charge is 0.274 e. The minimum absolute atomic E-state index is 0.0476. The van der Waals surface area contributed by atoms with Gasteiger partial charge in [0.25, 0.3) is 5.56 Å². The molecule has 0 unspecified atom stereocenters. The van der Waals surface area contributed by atoms with E-state index < -0.39 is 0 Å². The van der Waals surface area contributed by atoms with Crippen LogP contribution in [0.5, 0.6) is 0 Å². The quantitative estimate of drug-likeness (QED) is 0.770. The monoisotopic (exact) mass is 205 g/mol. The van der Waals surface area contributed by atoms with Gasteiger partial charge in [0, 0.05) is 14.1 Å². The Balaban J connectivity index is 2.85. The Labute approximate surface area is 87.9 Å². The molecule has 1 aromatic heterocycles. The van der Waals surface area contributed by atoms with E-state index >= 15 is 0 Å². The number of fused-ring (bicyclic) bond motifs is 1. The summed E-state index contributed by atoms with van der Waals surface area (Å²) in [5.41, 5.74) is 7.73. The zero-order valence-electron chi connectivity index (χ0n) is 9.03. The van der Waals surface area contributed by atoms with Crippen molar-refractivity contribution in [1.82, 2.24) is 9.36 Å². The number of benzene rings is 1. The number of aromatic nitrogens is 2. The molecule has 0 bridgehead atoms. The Morgan fingerprint density at radius 1 is 1.27 bits per heavy atom. The van der Waals surface area contributed by atoms with Gasteiger partial charge in [-0.1, -0.05) is 12.1 Å². The van der Waals surface area contributed by atoms with Gasteiger partial charge in [0.05, 0.1) is 10.9 Å². The third-order valence-corrected chi connectivity index (χ3v) is 2.83. The first-order valence-electron chi connectivity index (χ1n) is 5.00. The Morgan fingerprint density at radius 2 is 2.00 bits per heavy atom. The average Bonchev–Trinajstić information content (AvgIpc) is 2.46. The third-order valence-electron chi connectivity index (χ3n) is 2.83. The van der Waals surface area contributed by atoms with Crippen LogP contribution in [-0.2, 0) is 20.5 Å². The molecular weight excluding hydrogens is 190 g/mol. The molecule has 4 nitrogen and oxygen atoms in total. The number of hydrogen-bond acceptors (Lipinski definition) is 2. The number of para-hydroxylation sites is 1. The molecule has 2 rings (SSSR count). The topological polar surface area (TPSA) is 52.9 Å². The summed E-state index contributed by atoms with van der Waals surface area (Å²) < 4.78 is 3.49. The molecule has 0 atom stereocenters. The van der Waals surface area contributed by atoms with Crippen molar-refractivity contribution in [2.45, 2.75) is 6.42 Å². The Kier molecular flexibility index (Phi) is 2.36. The summed E-state index contributed by atoms with van der Waals surface area (Å²) >= 11 is 0. The molecule has 4 heteroatoms. The Morgan fingerprint density at radius 3 is 2.67 bits per heavy atom. The van der Waals surface area contributed by atoms with Gasteiger partial charge in [0.1, 0.15) is 0 Å². The van der Waals surface area contributed by atoms with Crippen LogP contribution in [0.3, 0.4) is 0 Å². The lowest BCUT2D eigenvalue weighted by Gasteiger charge is -2.05. The Hall–Kier alpha value is -1.55. The lowest BCUT2D eigenvalue weighted by molar-refractivity contribution is 0.594. The number of rotatable bonds is 2. The standard InChI is InChI=1S/C11H15N3O/c1-13-10-8(6-7-12)4-3-5-9(10)11(15)14(13)2/h3-5H,6-7,12H2,1-2H3. The van der Waals surface area contributed by atoms with Crippen molar-refractivity contribution in [2.24, 2.45) is 19.8 Å². The number of hydrogen-bond donors (Lipinski definition) is 1. The fraction of sp³-hybridized carbons (Fsp3) is 0.364. The van der Waals surface area contributed by atoms with Gasteiger partial charge >= 0.3 is 0 Å². The summed E-state index contributed by atoms with van der Waals surface area (Å²) in [5.74, 6) is 0. The van der Waals surface area contributed by atoms with E-state index in [9.17, 15) is 4.79 Å². The molecule has 0 aliphatic carbocycles. The zero-order chi connectivity index (χ0) is 11.0. The van der Waals surface area contributed by atoms with Gasteiger partial charge in [0.2, 0.25) is 0 Å². The summed E-state index contributed by atoms with van der Waals surface area (Å²) in [6, 6.07) is 5.79. The fourth-order valence-corrected chi connectivity index (χ4v) is 1.96. The highest BCUT2D eigenvalue weighted by Gasteiger charge is 2.10. The largest absolute Gasteiger partial charge is 0.330 e. The van der Waals surface area contributed by atoms with Crippen LogP contribution in [-0.4, -0.2) is 15.9 Å². The van der Waals surface area contributed by atoms with Crippen LogP contribution < -0.4 is 11.3 Å². The lowest BCUT2D eigenvalue weighted by Crippen LogP contribution is -2.16. The van der Waals surface area contributed by atoms with Gasteiger partial charge in [-0.15, -0.1) is 0 Å². The van der Waals surface area contributed by atoms with Gasteiger partial charge in [-0.25, -0.2) is 0 Å². The van der Waals surface area contributed by atoms with E-state index in [1.807, 2.05) is 29.9 Å². The highest BCUT2D eigenvalue weighted by Crippen LogP contribution is 2.15. The molecule has 2 aromatic rings. The minimum Gasteiger partial charge on any atom is -0.330 e. The highest BCUT2D eigenvalue weighted by atomic mass is 16.1. The Bertz CT molecular complexity index is 551. The summed E-state index contributed by atoms with van der Waals surface area (Å²) in [6.45, 7) is 0.599. The molecule has 0 amide bonds. The second-order valence-corrected chi connectivity index (χ2v) is 3.70. The van der Waals surface area contributed by atoms with E-state index in [1.165, 1.54) is 0 Å². The first-order chi connectivity index (χ1) is 7.16. The molecule has 0 radical (unpaired) electrons. The SMILES string of the molecule is Cn1c(=O)c2cccc(CCN)c2n1C. The molecule has 2 N–H and O–H groups in total. The zero-order valence-corrected chi connectivity index (χ0v) is 9.03. The van der Waals surface area contributed by atoms with Gasteiger partial charge in [-0.05, 0) is 24.6 Å². The van der Waals surface area contributed by atoms with Crippen LogP contribution in [0.1, 0.15) is 5.56 Å². The van der Waals surface area contributed by atoms with Crippen molar-refractivity contribution in [3.05, 3.63) is 34.1 Å². The molecule has 0 saturated carbocycles. The van der Waals surface area contributed by atoms with Crippen LogP contribution in [0, 0.1) is 0 Å². The van der Waals surface area contributed by atoms with E-state index in [2.05, 4.69) is 0 Å². The number of nitrogens with zero attached hydrogens (tertiary/aromatic N) is 2. The number of aryl methyl sites for hydroxylation is 1. The molecule has 1 heterocycles. The molecular formula is C11H15N3O. The van der Waals surface area contributed by atoms with E-state index in [4.69, 9.17) is 5.73 Å². The third kappa shape index (κ3) is 1.37. The second kappa shape index (κ2) is 3.55. The summed E-state index contributed by atoms with van der Waals surface area (Å²) in [4.78, 5) is 11.8. The van der Waals surface area contributed by atoms with E-state index in [0.717, 1.165) is 22.9 Å². The maximum atomic E-state index is 11.8. The van der Waals surface area contributed by atoms with Crippen molar-refractivity contribution in [3.8, 4) is 0 Å². The molecule has 0 spiro atoms.